The molecular formula is C22H23NO5. The van der Waals surface area contributed by atoms with Crippen LogP contribution >= 0.6 is 0 Å². The van der Waals surface area contributed by atoms with Crippen molar-refractivity contribution in [1.29, 1.82) is 0 Å². The van der Waals surface area contributed by atoms with E-state index in [1.165, 1.54) is 12.0 Å². The third-order valence-corrected chi connectivity index (χ3v) is 4.83. The molecule has 1 aliphatic heterocycles. The molecule has 1 amide bonds. The Bertz CT molecular complexity index is 901. The number of esters is 2. The normalized spacial score (nSPS) is 15.5. The van der Waals surface area contributed by atoms with Gasteiger partial charge in [0.1, 0.15) is 6.04 Å². The molecule has 1 atom stereocenters. The number of amides is 1. The van der Waals surface area contributed by atoms with Crippen LogP contribution in [0.5, 0.6) is 0 Å². The summed E-state index contributed by atoms with van der Waals surface area (Å²) in [5, 5.41) is 0. The summed E-state index contributed by atoms with van der Waals surface area (Å²) in [5.41, 5.74) is 4.26. The molecule has 0 radical (unpaired) electrons. The molecule has 0 saturated heterocycles. The molecule has 28 heavy (non-hydrogen) atoms. The molecule has 0 saturated carbocycles. The Labute approximate surface area is 164 Å². The van der Waals surface area contributed by atoms with Crippen LogP contribution in [-0.4, -0.2) is 42.5 Å². The van der Waals surface area contributed by atoms with Crippen molar-refractivity contribution in [3.63, 3.8) is 0 Å². The van der Waals surface area contributed by atoms with Crippen molar-refractivity contribution in [3.8, 4) is 0 Å². The first-order valence-corrected chi connectivity index (χ1v) is 9.08. The minimum Gasteiger partial charge on any atom is -0.467 e. The third-order valence-electron chi connectivity index (χ3n) is 4.83. The molecule has 3 rings (SSSR count). The first kappa shape index (κ1) is 19.6. The molecule has 2 aromatic carbocycles. The molecule has 6 heteroatoms. The Morgan fingerprint density at radius 1 is 1.04 bits per heavy atom. The van der Waals surface area contributed by atoms with Crippen LogP contribution in [0.1, 0.15) is 32.6 Å². The number of nitrogens with zero attached hydrogens (tertiary/aromatic N) is 1. The third kappa shape index (κ3) is 4.22. The van der Waals surface area contributed by atoms with Gasteiger partial charge in [0.15, 0.2) is 6.61 Å². The number of fused-ring (bicyclic) bond motifs is 1. The molecular weight excluding hydrogens is 358 g/mol. The average molecular weight is 381 g/mol. The molecule has 1 aliphatic rings. The topological polar surface area (TPSA) is 72.9 Å². The van der Waals surface area contributed by atoms with E-state index in [2.05, 4.69) is 0 Å². The van der Waals surface area contributed by atoms with Crippen LogP contribution in [0.15, 0.2) is 42.5 Å². The maximum Gasteiger partial charge on any atom is 0.338 e. The monoisotopic (exact) mass is 381 g/mol. The van der Waals surface area contributed by atoms with E-state index in [9.17, 15) is 14.4 Å². The van der Waals surface area contributed by atoms with Gasteiger partial charge in [0.2, 0.25) is 0 Å². The van der Waals surface area contributed by atoms with E-state index in [0.717, 1.165) is 22.3 Å². The van der Waals surface area contributed by atoms with E-state index in [1.807, 2.05) is 44.2 Å². The molecule has 1 heterocycles. The molecule has 0 unspecified atom stereocenters. The highest BCUT2D eigenvalue weighted by molar-refractivity contribution is 5.92. The molecule has 0 N–H and O–H groups in total. The summed E-state index contributed by atoms with van der Waals surface area (Å²) in [6, 6.07) is 12.3. The van der Waals surface area contributed by atoms with Crippen molar-refractivity contribution >= 4 is 17.8 Å². The number of hydrogen-bond donors (Lipinski definition) is 0. The second-order valence-electron chi connectivity index (χ2n) is 6.99. The Morgan fingerprint density at radius 3 is 2.32 bits per heavy atom. The predicted octanol–water partition coefficient (Wildman–Crippen LogP) is 2.59. The molecule has 0 bridgehead atoms. The molecule has 0 fully saturated rings. The van der Waals surface area contributed by atoms with E-state index >= 15 is 0 Å². The molecule has 0 aliphatic carbocycles. The molecule has 2 aromatic rings. The Morgan fingerprint density at radius 2 is 1.68 bits per heavy atom. The highest BCUT2D eigenvalue weighted by atomic mass is 16.5. The van der Waals surface area contributed by atoms with Crippen LogP contribution in [0.3, 0.4) is 0 Å². The van der Waals surface area contributed by atoms with Crippen molar-refractivity contribution in [2.75, 3.05) is 13.7 Å². The van der Waals surface area contributed by atoms with Crippen molar-refractivity contribution in [2.45, 2.75) is 32.9 Å². The van der Waals surface area contributed by atoms with E-state index < -0.39 is 30.5 Å². The summed E-state index contributed by atoms with van der Waals surface area (Å²) in [5.74, 6) is -1.47. The van der Waals surface area contributed by atoms with Gasteiger partial charge in [0.25, 0.3) is 5.91 Å². The maximum absolute atomic E-state index is 12.7. The predicted molar refractivity (Wildman–Crippen MR) is 103 cm³/mol. The zero-order chi connectivity index (χ0) is 20.3. The van der Waals surface area contributed by atoms with Gasteiger partial charge in [-0.2, -0.15) is 0 Å². The lowest BCUT2D eigenvalue weighted by molar-refractivity contribution is -0.155. The van der Waals surface area contributed by atoms with Gasteiger partial charge in [-0.15, -0.1) is 0 Å². The van der Waals surface area contributed by atoms with Crippen LogP contribution in [0, 0.1) is 13.8 Å². The minimum absolute atomic E-state index is 0.274. The van der Waals surface area contributed by atoms with Gasteiger partial charge >= 0.3 is 11.9 Å². The van der Waals surface area contributed by atoms with Crippen molar-refractivity contribution in [1.82, 2.24) is 4.90 Å². The van der Waals surface area contributed by atoms with E-state index in [0.29, 0.717) is 12.0 Å². The van der Waals surface area contributed by atoms with E-state index in [-0.39, 0.29) is 6.54 Å². The number of carbonyl (C=O) groups excluding carboxylic acids is 3. The number of hydrogen-bond acceptors (Lipinski definition) is 5. The lowest BCUT2D eigenvalue weighted by Crippen LogP contribution is -2.50. The smallest absolute Gasteiger partial charge is 0.338 e. The van der Waals surface area contributed by atoms with Crippen LogP contribution in [0.4, 0.5) is 0 Å². The fourth-order valence-electron chi connectivity index (χ4n) is 3.52. The van der Waals surface area contributed by atoms with Crippen molar-refractivity contribution in [3.05, 3.63) is 70.3 Å². The van der Waals surface area contributed by atoms with Crippen LogP contribution < -0.4 is 0 Å². The van der Waals surface area contributed by atoms with Crippen LogP contribution in [0.25, 0.3) is 0 Å². The average Bonchev–Trinajstić information content (AvgIpc) is 2.69. The van der Waals surface area contributed by atoms with Gasteiger partial charge in [-0.3, -0.25) is 4.79 Å². The number of benzene rings is 2. The van der Waals surface area contributed by atoms with Crippen LogP contribution in [-0.2, 0) is 32.0 Å². The summed E-state index contributed by atoms with van der Waals surface area (Å²) in [7, 11) is 1.30. The lowest BCUT2D eigenvalue weighted by atomic mass is 9.94. The number of aryl methyl sites for hydroxylation is 2. The summed E-state index contributed by atoms with van der Waals surface area (Å²) >= 11 is 0. The summed E-state index contributed by atoms with van der Waals surface area (Å²) in [4.78, 5) is 38.7. The highest BCUT2D eigenvalue weighted by Gasteiger charge is 2.35. The standard InChI is InChI=1S/C22H23NO5/c1-14-8-15(2)10-18(9-14)21(25)28-13-20(24)23-12-17-7-5-4-6-16(17)11-19(23)22(26)27-3/h4-10,19H,11-13H2,1-3H3/t19-/m0/s1. The van der Waals surface area contributed by atoms with Gasteiger partial charge in [0, 0.05) is 13.0 Å². The maximum atomic E-state index is 12.7. The second-order valence-corrected chi connectivity index (χ2v) is 6.99. The summed E-state index contributed by atoms with van der Waals surface area (Å²) in [6.07, 6.45) is 0.375. The lowest BCUT2D eigenvalue weighted by Gasteiger charge is -2.35. The number of rotatable bonds is 4. The second kappa shape index (κ2) is 8.25. The molecule has 0 spiro atoms. The largest absolute Gasteiger partial charge is 0.467 e. The Balaban J connectivity index is 1.72. The van der Waals surface area contributed by atoms with Gasteiger partial charge in [-0.25, -0.2) is 9.59 Å². The molecule has 6 nitrogen and oxygen atoms in total. The van der Waals surface area contributed by atoms with Gasteiger partial charge in [0.05, 0.1) is 12.7 Å². The first-order valence-electron chi connectivity index (χ1n) is 9.08. The molecule has 0 aromatic heterocycles. The van der Waals surface area contributed by atoms with Gasteiger partial charge in [-0.05, 0) is 37.1 Å². The quantitative estimate of drug-likeness (QED) is 0.761. The Kier molecular flexibility index (Phi) is 5.78. The minimum atomic E-state index is -0.729. The van der Waals surface area contributed by atoms with Gasteiger partial charge < -0.3 is 14.4 Å². The van der Waals surface area contributed by atoms with E-state index in [1.54, 1.807) is 12.1 Å². The van der Waals surface area contributed by atoms with Gasteiger partial charge in [-0.1, -0.05) is 41.5 Å². The summed E-state index contributed by atoms with van der Waals surface area (Å²) in [6.45, 7) is 3.62. The first-order chi connectivity index (χ1) is 13.4. The van der Waals surface area contributed by atoms with E-state index in [4.69, 9.17) is 9.47 Å². The SMILES string of the molecule is COC(=O)[C@@H]1Cc2ccccc2CN1C(=O)COC(=O)c1cc(C)cc(C)c1. The summed E-state index contributed by atoms with van der Waals surface area (Å²) < 4.78 is 10.1. The molecule has 146 valence electrons. The number of carbonyl (C=O) groups is 3. The number of ether oxygens (including phenoxy) is 2. The zero-order valence-corrected chi connectivity index (χ0v) is 16.2. The van der Waals surface area contributed by atoms with Crippen molar-refractivity contribution < 1.29 is 23.9 Å². The van der Waals surface area contributed by atoms with Crippen LogP contribution in [0.2, 0.25) is 0 Å². The zero-order valence-electron chi connectivity index (χ0n) is 16.2. The fourth-order valence-corrected chi connectivity index (χ4v) is 3.52. The Hall–Kier alpha value is -3.15. The highest BCUT2D eigenvalue weighted by Crippen LogP contribution is 2.24. The van der Waals surface area contributed by atoms with Crippen molar-refractivity contribution in [2.24, 2.45) is 0 Å². The number of methoxy groups -OCH3 is 1. The fraction of sp³-hybridized carbons (Fsp3) is 0.318.